The van der Waals surface area contributed by atoms with Gasteiger partial charge < -0.3 is 14.8 Å². The molecule has 1 fully saturated rings. The summed E-state index contributed by atoms with van der Waals surface area (Å²) in [6.45, 7) is 0.257. The highest BCUT2D eigenvalue weighted by atomic mass is 79.9. The van der Waals surface area contributed by atoms with Crippen LogP contribution in [-0.4, -0.2) is 18.2 Å². The van der Waals surface area contributed by atoms with E-state index in [9.17, 15) is 9.18 Å². The highest BCUT2D eigenvalue weighted by Crippen LogP contribution is 2.38. The quantitative estimate of drug-likeness (QED) is 0.407. The molecule has 1 aliphatic heterocycles. The first-order chi connectivity index (χ1) is 15.5. The van der Waals surface area contributed by atoms with E-state index in [-0.39, 0.29) is 18.3 Å². The number of nitrogens with zero attached hydrogens (tertiary/aromatic N) is 1. The maximum atomic E-state index is 13.1. The number of carbonyl (C=O) groups excluding carboxylic acids is 1. The number of rotatable bonds is 6. The van der Waals surface area contributed by atoms with Gasteiger partial charge in [-0.1, -0.05) is 30.3 Å². The fourth-order valence-corrected chi connectivity index (χ4v) is 4.37. The van der Waals surface area contributed by atoms with E-state index in [0.717, 1.165) is 16.8 Å². The largest absolute Gasteiger partial charge is 0.493 e. The van der Waals surface area contributed by atoms with Gasteiger partial charge in [0.05, 0.1) is 22.2 Å². The number of carbonyl (C=O) groups is 1. The van der Waals surface area contributed by atoms with Gasteiger partial charge in [0.1, 0.15) is 12.4 Å². The molecule has 1 aliphatic rings. The highest BCUT2D eigenvalue weighted by molar-refractivity contribution is 9.10. The predicted molar refractivity (Wildman–Crippen MR) is 129 cm³/mol. The molecule has 0 spiro atoms. The van der Waals surface area contributed by atoms with Gasteiger partial charge in [0, 0.05) is 0 Å². The Bertz CT molecular complexity index is 1200. The van der Waals surface area contributed by atoms with Gasteiger partial charge in [-0.05, 0) is 81.3 Å². The van der Waals surface area contributed by atoms with Crippen molar-refractivity contribution in [2.75, 3.05) is 7.11 Å². The first kappa shape index (κ1) is 22.1. The molecule has 1 amide bonds. The summed E-state index contributed by atoms with van der Waals surface area (Å²) in [5.41, 5.74) is 2.36. The number of amides is 1. The summed E-state index contributed by atoms with van der Waals surface area (Å²) in [4.78, 5) is 17.4. The van der Waals surface area contributed by atoms with Gasteiger partial charge in [-0.2, -0.15) is 0 Å². The Morgan fingerprint density at radius 1 is 1.12 bits per heavy atom. The lowest BCUT2D eigenvalue weighted by molar-refractivity contribution is -0.115. The smallest absolute Gasteiger partial charge is 0.264 e. The fraction of sp³-hybridized carbons (Fsp3) is 0.0833. The van der Waals surface area contributed by atoms with E-state index in [2.05, 4.69) is 26.2 Å². The van der Waals surface area contributed by atoms with Gasteiger partial charge >= 0.3 is 0 Å². The molecule has 5 nitrogen and oxygen atoms in total. The Morgan fingerprint density at radius 2 is 1.88 bits per heavy atom. The minimum absolute atomic E-state index is 0.212. The number of nitrogens with one attached hydrogen (secondary N) is 1. The van der Waals surface area contributed by atoms with Crippen LogP contribution in [0.25, 0.3) is 6.08 Å². The lowest BCUT2D eigenvalue weighted by Gasteiger charge is -2.14. The van der Waals surface area contributed by atoms with Gasteiger partial charge in [0.25, 0.3) is 5.91 Å². The van der Waals surface area contributed by atoms with Gasteiger partial charge in [0.15, 0.2) is 16.7 Å². The number of benzene rings is 3. The van der Waals surface area contributed by atoms with Crippen LogP contribution in [0, 0.1) is 5.82 Å². The topological polar surface area (TPSA) is 59.9 Å². The molecule has 162 valence electrons. The van der Waals surface area contributed by atoms with Crippen LogP contribution in [0.15, 0.2) is 81.1 Å². The maximum absolute atomic E-state index is 13.1. The predicted octanol–water partition coefficient (Wildman–Crippen LogP) is 6.07. The van der Waals surface area contributed by atoms with Crippen LogP contribution in [0.4, 0.5) is 10.1 Å². The van der Waals surface area contributed by atoms with Crippen molar-refractivity contribution in [3.8, 4) is 11.5 Å². The minimum atomic E-state index is -0.296. The second-order valence-electron chi connectivity index (χ2n) is 6.77. The van der Waals surface area contributed by atoms with Crippen molar-refractivity contribution in [1.29, 1.82) is 0 Å². The number of halogens is 2. The van der Waals surface area contributed by atoms with Crippen LogP contribution >= 0.6 is 27.7 Å². The van der Waals surface area contributed by atoms with Crippen molar-refractivity contribution in [2.45, 2.75) is 6.61 Å². The normalized spacial score (nSPS) is 15.8. The first-order valence-electron chi connectivity index (χ1n) is 9.61. The lowest BCUT2D eigenvalue weighted by atomic mass is 10.2. The van der Waals surface area contributed by atoms with Crippen LogP contribution in [0.3, 0.4) is 0 Å². The van der Waals surface area contributed by atoms with Crippen molar-refractivity contribution >= 4 is 50.5 Å². The third-order valence-corrected chi connectivity index (χ3v) is 5.98. The standard InChI is InChI=1S/C24H18BrFN2O3S/c1-30-20-12-16(11-19(25)22(20)31-14-15-7-9-17(26)10-8-15)13-21-23(29)28-24(32-21)27-18-5-3-2-4-6-18/h2-13H,14H2,1H3,(H,27,28,29)/b21-13+. The Hall–Kier alpha value is -3.10. The fourth-order valence-electron chi connectivity index (χ4n) is 2.95. The third kappa shape index (κ3) is 5.38. The average Bonchev–Trinajstić information content (AvgIpc) is 3.12. The Balaban J connectivity index is 1.53. The molecule has 0 aliphatic carbocycles. The molecular formula is C24H18BrFN2O3S. The van der Waals surface area contributed by atoms with Gasteiger partial charge in [-0.15, -0.1) is 0 Å². The van der Waals surface area contributed by atoms with E-state index >= 15 is 0 Å². The molecule has 1 N–H and O–H groups in total. The third-order valence-electron chi connectivity index (χ3n) is 4.48. The summed E-state index contributed by atoms with van der Waals surface area (Å²) >= 11 is 4.79. The van der Waals surface area contributed by atoms with E-state index in [1.807, 2.05) is 36.4 Å². The zero-order valence-electron chi connectivity index (χ0n) is 17.0. The average molecular weight is 513 g/mol. The molecule has 0 unspecified atom stereocenters. The molecule has 8 heteroatoms. The zero-order chi connectivity index (χ0) is 22.5. The second kappa shape index (κ2) is 10.0. The van der Waals surface area contributed by atoms with Crippen LogP contribution in [0.1, 0.15) is 11.1 Å². The number of ether oxygens (including phenoxy) is 2. The molecule has 1 heterocycles. The first-order valence-corrected chi connectivity index (χ1v) is 11.2. The summed E-state index contributed by atoms with van der Waals surface area (Å²) in [7, 11) is 1.55. The van der Waals surface area contributed by atoms with Crippen molar-refractivity contribution < 1.29 is 18.7 Å². The Kier molecular flexibility index (Phi) is 6.92. The molecule has 3 aromatic rings. The maximum Gasteiger partial charge on any atom is 0.264 e. The molecule has 0 atom stereocenters. The Morgan fingerprint density at radius 3 is 2.59 bits per heavy atom. The van der Waals surface area contributed by atoms with Crippen LogP contribution < -0.4 is 14.8 Å². The monoisotopic (exact) mass is 512 g/mol. The van der Waals surface area contributed by atoms with Crippen molar-refractivity contribution in [1.82, 2.24) is 5.32 Å². The van der Waals surface area contributed by atoms with Gasteiger partial charge in [-0.3, -0.25) is 4.79 Å². The number of aliphatic imine (C=N–C) groups is 1. The molecule has 0 bridgehead atoms. The number of thioether (sulfide) groups is 1. The van der Waals surface area contributed by atoms with Gasteiger partial charge in [-0.25, -0.2) is 9.38 Å². The Labute approximate surface area is 197 Å². The number of amidine groups is 1. The van der Waals surface area contributed by atoms with Crippen LogP contribution in [0.5, 0.6) is 11.5 Å². The second-order valence-corrected chi connectivity index (χ2v) is 8.65. The van der Waals surface area contributed by atoms with Crippen molar-refractivity contribution in [3.05, 3.63) is 93.1 Å². The molecule has 0 aromatic heterocycles. The minimum Gasteiger partial charge on any atom is -0.493 e. The van der Waals surface area contributed by atoms with E-state index < -0.39 is 0 Å². The number of hydrogen-bond donors (Lipinski definition) is 1. The summed E-state index contributed by atoms with van der Waals surface area (Å²) in [5.74, 6) is 0.524. The summed E-state index contributed by atoms with van der Waals surface area (Å²) in [6, 6.07) is 19.2. The number of para-hydroxylation sites is 1. The molecule has 1 saturated heterocycles. The van der Waals surface area contributed by atoms with E-state index in [1.54, 1.807) is 31.4 Å². The number of hydrogen-bond acceptors (Lipinski definition) is 5. The summed E-state index contributed by atoms with van der Waals surface area (Å²) in [6.07, 6.45) is 1.77. The highest BCUT2D eigenvalue weighted by Gasteiger charge is 2.24. The molecular weight excluding hydrogens is 495 g/mol. The molecule has 32 heavy (non-hydrogen) atoms. The van der Waals surface area contributed by atoms with Crippen LogP contribution in [0.2, 0.25) is 0 Å². The van der Waals surface area contributed by atoms with Crippen molar-refractivity contribution in [3.63, 3.8) is 0 Å². The summed E-state index contributed by atoms with van der Waals surface area (Å²) < 4.78 is 25.2. The van der Waals surface area contributed by atoms with Gasteiger partial charge in [0.2, 0.25) is 0 Å². The van der Waals surface area contributed by atoms with E-state index in [1.165, 1.54) is 23.9 Å². The molecule has 3 aromatic carbocycles. The SMILES string of the molecule is COc1cc(/C=C2/SC(=Nc3ccccc3)NC2=O)cc(Br)c1OCc1ccc(F)cc1. The van der Waals surface area contributed by atoms with Crippen LogP contribution in [-0.2, 0) is 11.4 Å². The number of methoxy groups -OCH3 is 1. The molecule has 4 rings (SSSR count). The van der Waals surface area contributed by atoms with E-state index in [0.29, 0.717) is 26.0 Å². The lowest BCUT2D eigenvalue weighted by Crippen LogP contribution is -2.19. The zero-order valence-corrected chi connectivity index (χ0v) is 19.4. The van der Waals surface area contributed by atoms with E-state index in [4.69, 9.17) is 9.47 Å². The molecule has 0 radical (unpaired) electrons. The summed E-state index contributed by atoms with van der Waals surface area (Å²) in [5, 5.41) is 3.31. The molecule has 0 saturated carbocycles. The van der Waals surface area contributed by atoms with Crippen molar-refractivity contribution in [2.24, 2.45) is 4.99 Å².